The molecule has 0 aromatic carbocycles. The molecule has 5 unspecified atom stereocenters. The summed E-state index contributed by atoms with van der Waals surface area (Å²) >= 11 is 8.94. The molecule has 0 bridgehead atoms. The molecule has 3 heterocycles. The van der Waals surface area contributed by atoms with Crippen LogP contribution in [-0.4, -0.2) is 44.7 Å². The van der Waals surface area contributed by atoms with Crippen LogP contribution in [0.5, 0.6) is 0 Å². The molecule has 5 atom stereocenters. The zero-order valence-corrected chi connectivity index (χ0v) is 23.6. The second-order valence-corrected chi connectivity index (χ2v) is 13.2. The Balaban J connectivity index is 1.46. The fraction of sp³-hybridized carbons (Fsp3) is 0.481. The third kappa shape index (κ3) is 5.00. The van der Waals surface area contributed by atoms with Crippen molar-refractivity contribution in [1.29, 1.82) is 0 Å². The summed E-state index contributed by atoms with van der Waals surface area (Å²) in [6, 6.07) is 7.02. The SMILES string of the molecule is CC1(CO)C(O)CCC2(C)C(CC(=O)NCc3cccs3)c3nc(NC(=O)c4ccnc(Cl)c4)sc3CC12. The Hall–Kier alpha value is -2.37. The predicted octanol–water partition coefficient (Wildman–Crippen LogP) is 4.63. The maximum atomic E-state index is 13.2. The lowest BCUT2D eigenvalue weighted by molar-refractivity contribution is -0.144. The number of nitrogens with one attached hydrogen (secondary N) is 2. The number of pyridine rings is 1. The van der Waals surface area contributed by atoms with Crippen molar-refractivity contribution in [2.45, 2.75) is 58.1 Å². The van der Waals surface area contributed by atoms with Gasteiger partial charge in [0, 0.05) is 39.3 Å². The van der Waals surface area contributed by atoms with Gasteiger partial charge in [-0.3, -0.25) is 14.9 Å². The van der Waals surface area contributed by atoms with Gasteiger partial charge in [0.1, 0.15) is 5.15 Å². The number of hydrogen-bond donors (Lipinski definition) is 4. The van der Waals surface area contributed by atoms with Crippen LogP contribution >= 0.6 is 34.3 Å². The first-order chi connectivity index (χ1) is 18.1. The molecule has 1 saturated carbocycles. The van der Waals surface area contributed by atoms with Gasteiger partial charge in [-0.1, -0.05) is 31.5 Å². The van der Waals surface area contributed by atoms with E-state index in [-0.39, 0.29) is 47.2 Å². The molecule has 3 aromatic heterocycles. The molecule has 8 nitrogen and oxygen atoms in total. The number of rotatable bonds is 7. The lowest BCUT2D eigenvalue weighted by atomic mass is 9.47. The number of hydrogen-bond acceptors (Lipinski definition) is 8. The van der Waals surface area contributed by atoms with E-state index >= 15 is 0 Å². The fourth-order valence-electron chi connectivity index (χ4n) is 6.27. The summed E-state index contributed by atoms with van der Waals surface area (Å²) in [5.74, 6) is -0.701. The van der Waals surface area contributed by atoms with Crippen molar-refractivity contribution in [1.82, 2.24) is 15.3 Å². The maximum Gasteiger partial charge on any atom is 0.257 e. The number of nitrogens with zero attached hydrogens (tertiary/aromatic N) is 2. The highest BCUT2D eigenvalue weighted by Gasteiger charge is 2.59. The number of aromatic nitrogens is 2. The lowest BCUT2D eigenvalue weighted by Gasteiger charge is -2.58. The monoisotopic (exact) mass is 574 g/mol. The number of halogens is 1. The van der Waals surface area contributed by atoms with Gasteiger partial charge in [-0.15, -0.1) is 22.7 Å². The summed E-state index contributed by atoms with van der Waals surface area (Å²) in [6.45, 7) is 4.42. The number of thiophene rings is 1. The number of carbonyl (C=O) groups is 2. The highest BCUT2D eigenvalue weighted by Crippen LogP contribution is 2.62. The lowest BCUT2D eigenvalue weighted by Crippen LogP contribution is -2.57. The quantitative estimate of drug-likeness (QED) is 0.305. The van der Waals surface area contributed by atoms with Gasteiger partial charge in [0.05, 0.1) is 24.9 Å². The largest absolute Gasteiger partial charge is 0.396 e. The van der Waals surface area contributed by atoms with Crippen LogP contribution in [0.25, 0.3) is 0 Å². The number of aliphatic hydroxyl groups excluding tert-OH is 2. The van der Waals surface area contributed by atoms with Gasteiger partial charge in [-0.25, -0.2) is 9.97 Å². The van der Waals surface area contributed by atoms with Crippen LogP contribution < -0.4 is 10.6 Å². The molecule has 3 aromatic rings. The van der Waals surface area contributed by atoms with Crippen LogP contribution in [0.1, 0.15) is 64.8 Å². The second kappa shape index (κ2) is 10.7. The molecule has 4 N–H and O–H groups in total. The number of anilines is 1. The van der Waals surface area contributed by atoms with Gasteiger partial charge in [0.15, 0.2) is 5.13 Å². The molecule has 11 heteroatoms. The van der Waals surface area contributed by atoms with Gasteiger partial charge in [0.25, 0.3) is 5.91 Å². The molecule has 1 fully saturated rings. The number of carbonyl (C=O) groups excluding carboxylic acids is 2. The van der Waals surface area contributed by atoms with E-state index in [0.29, 0.717) is 36.5 Å². The Morgan fingerprint density at radius 2 is 2.11 bits per heavy atom. The molecule has 0 aliphatic heterocycles. The molecular weight excluding hydrogens is 544 g/mol. The Morgan fingerprint density at radius 3 is 2.82 bits per heavy atom. The molecule has 38 heavy (non-hydrogen) atoms. The van der Waals surface area contributed by atoms with Crippen molar-refractivity contribution in [3.63, 3.8) is 0 Å². The van der Waals surface area contributed by atoms with Crippen LogP contribution in [-0.2, 0) is 17.8 Å². The van der Waals surface area contributed by atoms with Crippen LogP contribution in [0.4, 0.5) is 5.13 Å². The highest BCUT2D eigenvalue weighted by atomic mass is 35.5. The molecule has 2 aliphatic carbocycles. The van der Waals surface area contributed by atoms with Gasteiger partial charge in [-0.2, -0.15) is 0 Å². The minimum absolute atomic E-state index is 0.0608. The number of fused-ring (bicyclic) bond motifs is 2. The Labute approximate surface area is 234 Å². The molecule has 202 valence electrons. The summed E-state index contributed by atoms with van der Waals surface area (Å²) in [4.78, 5) is 36.9. The van der Waals surface area contributed by atoms with Gasteiger partial charge >= 0.3 is 0 Å². The molecular formula is C27H31ClN4O4S2. The number of thiazole rings is 1. The maximum absolute atomic E-state index is 13.2. The normalized spacial score (nSPS) is 28.3. The van der Waals surface area contributed by atoms with E-state index in [1.807, 2.05) is 24.4 Å². The van der Waals surface area contributed by atoms with E-state index in [1.165, 1.54) is 23.6 Å². The molecule has 5 rings (SSSR count). The van der Waals surface area contributed by atoms with E-state index in [0.717, 1.165) is 15.4 Å². The van der Waals surface area contributed by atoms with Crippen LogP contribution in [0.3, 0.4) is 0 Å². The molecule has 0 spiro atoms. The van der Waals surface area contributed by atoms with Crippen molar-refractivity contribution < 1.29 is 19.8 Å². The Bertz CT molecular complexity index is 1330. The fourth-order valence-corrected chi connectivity index (χ4v) is 8.15. The summed E-state index contributed by atoms with van der Waals surface area (Å²) in [5, 5.41) is 29.9. The Kier molecular flexibility index (Phi) is 7.63. The van der Waals surface area contributed by atoms with Crippen LogP contribution in [0.2, 0.25) is 5.15 Å². The predicted molar refractivity (Wildman–Crippen MR) is 149 cm³/mol. The smallest absolute Gasteiger partial charge is 0.257 e. The first kappa shape index (κ1) is 27.2. The summed E-state index contributed by atoms with van der Waals surface area (Å²) in [6.07, 6.45) is 2.95. The third-order valence-electron chi connectivity index (χ3n) is 8.53. The number of amides is 2. The standard InChI is InChI=1S/C27H31ClN4O4S2/c1-26-7-5-20(34)27(2,14-33)19(26)12-18-23(17(26)11-22(35)30-13-16-4-3-9-37-16)31-25(38-18)32-24(36)15-6-8-29-21(28)10-15/h3-4,6,8-10,17,19-20,33-34H,5,7,11-14H2,1-2H3,(H,30,35)(H,31,32,36). The van der Waals surface area contributed by atoms with Crippen molar-refractivity contribution in [3.05, 3.63) is 62.0 Å². The molecule has 0 radical (unpaired) electrons. The summed E-state index contributed by atoms with van der Waals surface area (Å²) in [5.41, 5.74) is 0.120. The van der Waals surface area contributed by atoms with Crippen molar-refractivity contribution in [2.24, 2.45) is 16.7 Å². The Morgan fingerprint density at radius 1 is 1.29 bits per heavy atom. The van der Waals surface area contributed by atoms with E-state index in [2.05, 4.69) is 22.5 Å². The van der Waals surface area contributed by atoms with Gasteiger partial charge in [-0.05, 0) is 54.2 Å². The zero-order valence-electron chi connectivity index (χ0n) is 21.2. The third-order valence-corrected chi connectivity index (χ3v) is 10.6. The van der Waals surface area contributed by atoms with Crippen molar-refractivity contribution >= 4 is 51.2 Å². The van der Waals surface area contributed by atoms with Crippen molar-refractivity contribution in [3.8, 4) is 0 Å². The van der Waals surface area contributed by atoms with E-state index in [4.69, 9.17) is 16.6 Å². The van der Waals surface area contributed by atoms with E-state index < -0.39 is 11.5 Å². The molecule has 2 amide bonds. The van der Waals surface area contributed by atoms with Gasteiger partial charge in [0.2, 0.25) is 5.91 Å². The van der Waals surface area contributed by atoms with Crippen LogP contribution in [0, 0.1) is 16.7 Å². The molecule has 0 saturated heterocycles. The average molecular weight is 575 g/mol. The average Bonchev–Trinajstić information content (AvgIpc) is 3.56. The molecule has 2 aliphatic rings. The zero-order chi connectivity index (χ0) is 27.1. The second-order valence-electron chi connectivity index (χ2n) is 10.7. The summed E-state index contributed by atoms with van der Waals surface area (Å²) < 4.78 is 0. The highest BCUT2D eigenvalue weighted by molar-refractivity contribution is 7.16. The van der Waals surface area contributed by atoms with Crippen LogP contribution in [0.15, 0.2) is 35.8 Å². The first-order valence-electron chi connectivity index (χ1n) is 12.6. The van der Waals surface area contributed by atoms with E-state index in [9.17, 15) is 19.8 Å². The number of aliphatic hydroxyl groups is 2. The van der Waals surface area contributed by atoms with E-state index in [1.54, 1.807) is 17.4 Å². The summed E-state index contributed by atoms with van der Waals surface area (Å²) in [7, 11) is 0. The van der Waals surface area contributed by atoms with Crippen molar-refractivity contribution in [2.75, 3.05) is 11.9 Å². The topological polar surface area (TPSA) is 124 Å². The minimum Gasteiger partial charge on any atom is -0.396 e. The minimum atomic E-state index is -0.711. The van der Waals surface area contributed by atoms with Gasteiger partial charge < -0.3 is 15.5 Å². The first-order valence-corrected chi connectivity index (χ1v) is 14.7.